The number of anilines is 1. The van der Waals surface area contributed by atoms with Crippen LogP contribution in [0.25, 0.3) is 11.0 Å². The molecule has 1 amide bonds. The monoisotopic (exact) mass is 532 g/mol. The zero-order chi connectivity index (χ0) is 24.5. The summed E-state index contributed by atoms with van der Waals surface area (Å²) in [7, 11) is 0. The summed E-state index contributed by atoms with van der Waals surface area (Å²) < 4.78 is 12.6. The zero-order valence-corrected chi connectivity index (χ0v) is 21.2. The summed E-state index contributed by atoms with van der Waals surface area (Å²) in [5.41, 5.74) is 2.22. The molecule has 1 aliphatic heterocycles. The van der Waals surface area contributed by atoms with Gasteiger partial charge in [-0.15, -0.1) is 0 Å². The number of carbonyl (C=O) groups is 1. The SMILES string of the molecule is CCCCCOc1ccc(C2c3c(oc4ccc(Br)cc4c3=O)C(=O)N2c2ccc(C)cn2)cc1. The first kappa shape index (κ1) is 23.3. The van der Waals surface area contributed by atoms with Gasteiger partial charge >= 0.3 is 0 Å². The maximum Gasteiger partial charge on any atom is 0.296 e. The van der Waals surface area contributed by atoms with Crippen LogP contribution in [0.1, 0.15) is 59.5 Å². The number of amides is 1. The summed E-state index contributed by atoms with van der Waals surface area (Å²) in [6.07, 6.45) is 4.96. The summed E-state index contributed by atoms with van der Waals surface area (Å²) in [6.45, 7) is 4.74. The van der Waals surface area contributed by atoms with Gasteiger partial charge in [0.05, 0.1) is 23.6 Å². The molecule has 0 saturated heterocycles. The highest BCUT2D eigenvalue weighted by atomic mass is 79.9. The molecule has 0 radical (unpaired) electrons. The first-order valence-corrected chi connectivity index (χ1v) is 12.5. The fourth-order valence-electron chi connectivity index (χ4n) is 4.39. The quantitative estimate of drug-likeness (QED) is 0.251. The second-order valence-electron chi connectivity index (χ2n) is 8.71. The van der Waals surface area contributed by atoms with Crippen molar-refractivity contribution in [1.82, 2.24) is 4.98 Å². The first-order chi connectivity index (χ1) is 17.0. The number of halogens is 1. The molecule has 4 aromatic rings. The number of carbonyl (C=O) groups excluding carboxylic acids is 1. The molecule has 2 aromatic carbocycles. The zero-order valence-electron chi connectivity index (χ0n) is 19.6. The third-order valence-electron chi connectivity index (χ3n) is 6.19. The molecule has 5 rings (SSSR count). The molecular formula is C28H25BrN2O4. The molecule has 0 N–H and O–H groups in total. The van der Waals surface area contributed by atoms with Gasteiger partial charge in [-0.05, 0) is 60.9 Å². The number of fused-ring (bicyclic) bond motifs is 2. The van der Waals surface area contributed by atoms with E-state index in [2.05, 4.69) is 27.8 Å². The van der Waals surface area contributed by atoms with Crippen molar-refractivity contribution in [2.75, 3.05) is 11.5 Å². The van der Waals surface area contributed by atoms with Crippen LogP contribution in [-0.4, -0.2) is 17.5 Å². The summed E-state index contributed by atoms with van der Waals surface area (Å²) in [5.74, 6) is 0.880. The second-order valence-corrected chi connectivity index (χ2v) is 9.63. The number of pyridine rings is 1. The lowest BCUT2D eigenvalue weighted by molar-refractivity contribution is 0.0970. The number of aryl methyl sites for hydroxylation is 1. The van der Waals surface area contributed by atoms with Crippen LogP contribution in [0.15, 0.2) is 74.5 Å². The van der Waals surface area contributed by atoms with Gasteiger partial charge in [-0.3, -0.25) is 14.5 Å². The van der Waals surface area contributed by atoms with Crippen LogP contribution in [0.3, 0.4) is 0 Å². The lowest BCUT2D eigenvalue weighted by Gasteiger charge is -2.24. The third kappa shape index (κ3) is 4.36. The largest absolute Gasteiger partial charge is 0.494 e. The van der Waals surface area contributed by atoms with Crippen molar-refractivity contribution in [3.05, 3.63) is 97.9 Å². The van der Waals surface area contributed by atoms with E-state index in [4.69, 9.17) is 9.15 Å². The van der Waals surface area contributed by atoms with Crippen molar-refractivity contribution >= 4 is 38.6 Å². The van der Waals surface area contributed by atoms with Gasteiger partial charge in [0.25, 0.3) is 5.91 Å². The minimum Gasteiger partial charge on any atom is -0.494 e. The minimum atomic E-state index is -0.665. The number of aromatic nitrogens is 1. The molecule has 35 heavy (non-hydrogen) atoms. The molecule has 0 bridgehead atoms. The standard InChI is InChI=1S/C28H25BrN2O4/c1-3-4-5-14-34-20-10-7-18(8-11-20)25-24-26(32)21-15-19(29)9-12-22(21)35-27(24)28(33)31(25)23-13-6-17(2)16-30-23/h6-13,15-16,25H,3-5,14H2,1-2H3. The lowest BCUT2D eigenvalue weighted by atomic mass is 9.98. The van der Waals surface area contributed by atoms with Gasteiger partial charge in [-0.25, -0.2) is 4.98 Å². The van der Waals surface area contributed by atoms with Gasteiger partial charge in [-0.1, -0.05) is 53.9 Å². The van der Waals surface area contributed by atoms with Crippen molar-refractivity contribution in [2.24, 2.45) is 0 Å². The van der Waals surface area contributed by atoms with E-state index < -0.39 is 6.04 Å². The molecule has 178 valence electrons. The Bertz CT molecular complexity index is 1450. The van der Waals surface area contributed by atoms with Gasteiger partial charge in [0.1, 0.15) is 17.2 Å². The van der Waals surface area contributed by atoms with Crippen LogP contribution < -0.4 is 15.1 Å². The second kappa shape index (κ2) is 9.66. The van der Waals surface area contributed by atoms with E-state index in [-0.39, 0.29) is 17.1 Å². The Morgan fingerprint density at radius 1 is 1.06 bits per heavy atom. The van der Waals surface area contributed by atoms with Crippen LogP contribution in [0, 0.1) is 6.92 Å². The predicted molar refractivity (Wildman–Crippen MR) is 139 cm³/mol. The normalized spacial score (nSPS) is 15.0. The van der Waals surface area contributed by atoms with Gasteiger partial charge in [0, 0.05) is 10.7 Å². The van der Waals surface area contributed by atoms with Gasteiger partial charge in [0.2, 0.25) is 5.76 Å². The Labute approximate surface area is 211 Å². The Balaban J connectivity index is 1.62. The highest BCUT2D eigenvalue weighted by Crippen LogP contribution is 2.41. The molecule has 1 aliphatic rings. The smallest absolute Gasteiger partial charge is 0.296 e. The fourth-order valence-corrected chi connectivity index (χ4v) is 4.75. The Kier molecular flexibility index (Phi) is 6.43. The van der Waals surface area contributed by atoms with E-state index in [0.29, 0.717) is 29.0 Å². The molecule has 6 nitrogen and oxygen atoms in total. The Morgan fingerprint density at radius 3 is 2.57 bits per heavy atom. The Hall–Kier alpha value is -3.45. The summed E-state index contributed by atoms with van der Waals surface area (Å²) in [5, 5.41) is 0.422. The third-order valence-corrected chi connectivity index (χ3v) is 6.68. The number of ether oxygens (including phenoxy) is 1. The molecule has 1 unspecified atom stereocenters. The highest BCUT2D eigenvalue weighted by molar-refractivity contribution is 9.10. The van der Waals surface area contributed by atoms with Crippen LogP contribution in [0.4, 0.5) is 5.82 Å². The van der Waals surface area contributed by atoms with Crippen molar-refractivity contribution in [2.45, 2.75) is 39.2 Å². The summed E-state index contributed by atoms with van der Waals surface area (Å²) in [4.78, 5) is 33.3. The van der Waals surface area contributed by atoms with E-state index >= 15 is 0 Å². The number of unbranched alkanes of at least 4 members (excludes halogenated alkanes) is 2. The molecule has 0 saturated carbocycles. The van der Waals surface area contributed by atoms with Crippen LogP contribution in [0.5, 0.6) is 5.75 Å². The van der Waals surface area contributed by atoms with Gasteiger partial charge in [-0.2, -0.15) is 0 Å². The maximum atomic E-state index is 13.7. The molecule has 1 atom stereocenters. The topological polar surface area (TPSA) is 72.6 Å². The van der Waals surface area contributed by atoms with Crippen LogP contribution >= 0.6 is 15.9 Å². The van der Waals surface area contributed by atoms with Crippen molar-refractivity contribution in [3.8, 4) is 5.75 Å². The fraction of sp³-hybridized carbons (Fsp3) is 0.250. The van der Waals surface area contributed by atoms with Crippen molar-refractivity contribution in [3.63, 3.8) is 0 Å². The van der Waals surface area contributed by atoms with Crippen molar-refractivity contribution in [1.29, 1.82) is 0 Å². The molecule has 0 aliphatic carbocycles. The van der Waals surface area contributed by atoms with Gasteiger partial charge < -0.3 is 9.15 Å². The highest BCUT2D eigenvalue weighted by Gasteiger charge is 2.44. The van der Waals surface area contributed by atoms with E-state index in [1.807, 2.05) is 37.3 Å². The number of nitrogens with zero attached hydrogens (tertiary/aromatic N) is 2. The van der Waals surface area contributed by atoms with Crippen molar-refractivity contribution < 1.29 is 13.9 Å². The first-order valence-electron chi connectivity index (χ1n) is 11.7. The number of hydrogen-bond acceptors (Lipinski definition) is 5. The molecule has 7 heteroatoms. The van der Waals surface area contributed by atoms with E-state index in [0.717, 1.165) is 40.6 Å². The molecule has 0 spiro atoms. The number of rotatable bonds is 7. The minimum absolute atomic E-state index is 0.0529. The average molecular weight is 533 g/mol. The van der Waals surface area contributed by atoms with E-state index in [1.165, 1.54) is 0 Å². The average Bonchev–Trinajstić information content (AvgIpc) is 3.16. The molecule has 3 heterocycles. The number of hydrogen-bond donors (Lipinski definition) is 0. The van der Waals surface area contributed by atoms with E-state index in [9.17, 15) is 9.59 Å². The maximum absolute atomic E-state index is 13.7. The molecule has 2 aromatic heterocycles. The molecule has 0 fully saturated rings. The molecular weight excluding hydrogens is 508 g/mol. The lowest BCUT2D eigenvalue weighted by Crippen LogP contribution is -2.30. The van der Waals surface area contributed by atoms with Gasteiger partial charge in [0.15, 0.2) is 5.43 Å². The van der Waals surface area contributed by atoms with E-state index in [1.54, 1.807) is 35.4 Å². The summed E-state index contributed by atoms with van der Waals surface area (Å²) in [6, 6.07) is 15.8. The van der Waals surface area contributed by atoms with Crippen LogP contribution in [-0.2, 0) is 0 Å². The van der Waals surface area contributed by atoms with Crippen LogP contribution in [0.2, 0.25) is 0 Å². The summed E-state index contributed by atoms with van der Waals surface area (Å²) >= 11 is 3.43. The number of benzene rings is 2. The Morgan fingerprint density at radius 2 is 1.86 bits per heavy atom. The predicted octanol–water partition coefficient (Wildman–Crippen LogP) is 6.58.